The number of hydrogen-bond donors (Lipinski definition) is 0. The monoisotopic (exact) mass is 223 g/mol. The summed E-state index contributed by atoms with van der Waals surface area (Å²) in [5.41, 5.74) is 5.41. The van der Waals surface area contributed by atoms with Gasteiger partial charge in [-0.05, 0) is 30.2 Å². The van der Waals surface area contributed by atoms with Gasteiger partial charge in [0.25, 0.3) is 0 Å². The molecule has 0 radical (unpaired) electrons. The lowest BCUT2D eigenvalue weighted by molar-refractivity contribution is 0.561. The van der Waals surface area contributed by atoms with Gasteiger partial charge in [0, 0.05) is 6.92 Å². The average Bonchev–Trinajstić information content (AvgIpc) is 2.69. The molecule has 0 bridgehead atoms. The van der Waals surface area contributed by atoms with Gasteiger partial charge in [-0.1, -0.05) is 35.9 Å². The van der Waals surface area contributed by atoms with Crippen LogP contribution in [0, 0.1) is 13.8 Å². The topological polar surface area (TPSA) is 26.0 Å². The zero-order chi connectivity index (χ0) is 11.8. The molecule has 2 aromatic carbocycles. The molecule has 0 aliphatic heterocycles. The molecule has 2 nitrogen and oxygen atoms in total. The summed E-state index contributed by atoms with van der Waals surface area (Å²) >= 11 is 0. The van der Waals surface area contributed by atoms with Gasteiger partial charge >= 0.3 is 0 Å². The summed E-state index contributed by atoms with van der Waals surface area (Å²) in [5.74, 6) is 0.709. The fourth-order valence-corrected chi connectivity index (χ4v) is 1.97. The smallest absolute Gasteiger partial charge is 0.192 e. The van der Waals surface area contributed by atoms with Gasteiger partial charge in [0.1, 0.15) is 5.52 Å². The Labute approximate surface area is 99.9 Å². The summed E-state index contributed by atoms with van der Waals surface area (Å²) in [6.07, 6.45) is 0. The SMILES string of the molecule is Cc1ccc(-c2ccc3oc(C)nc3c2)cc1. The highest BCUT2D eigenvalue weighted by molar-refractivity contribution is 5.80. The van der Waals surface area contributed by atoms with E-state index in [-0.39, 0.29) is 0 Å². The fraction of sp³-hybridized carbons (Fsp3) is 0.133. The third-order valence-electron chi connectivity index (χ3n) is 2.88. The third kappa shape index (κ3) is 1.82. The minimum atomic E-state index is 0.709. The quantitative estimate of drug-likeness (QED) is 0.620. The van der Waals surface area contributed by atoms with E-state index >= 15 is 0 Å². The van der Waals surface area contributed by atoms with Crippen molar-refractivity contribution < 1.29 is 4.42 Å². The number of aryl methyl sites for hydroxylation is 2. The lowest BCUT2D eigenvalue weighted by Crippen LogP contribution is -1.79. The zero-order valence-corrected chi connectivity index (χ0v) is 9.90. The Morgan fingerprint density at radius 2 is 1.59 bits per heavy atom. The fourth-order valence-electron chi connectivity index (χ4n) is 1.97. The van der Waals surface area contributed by atoms with Crippen LogP contribution in [0.25, 0.3) is 22.2 Å². The predicted molar refractivity (Wildman–Crippen MR) is 68.9 cm³/mol. The number of benzene rings is 2. The van der Waals surface area contributed by atoms with E-state index < -0.39 is 0 Å². The van der Waals surface area contributed by atoms with E-state index in [1.165, 1.54) is 16.7 Å². The van der Waals surface area contributed by atoms with Crippen molar-refractivity contribution in [1.29, 1.82) is 0 Å². The van der Waals surface area contributed by atoms with E-state index in [1.807, 2.05) is 13.0 Å². The minimum Gasteiger partial charge on any atom is -0.441 e. The zero-order valence-electron chi connectivity index (χ0n) is 9.90. The molecule has 0 aliphatic carbocycles. The molecule has 2 heteroatoms. The van der Waals surface area contributed by atoms with Crippen molar-refractivity contribution >= 4 is 11.1 Å². The molecule has 0 aliphatic rings. The first-order valence-corrected chi connectivity index (χ1v) is 5.66. The molecule has 0 fully saturated rings. The first kappa shape index (κ1) is 10.1. The number of hydrogen-bond acceptors (Lipinski definition) is 2. The standard InChI is InChI=1S/C15H13NO/c1-10-3-5-12(6-4-10)13-7-8-15-14(9-13)16-11(2)17-15/h3-9H,1-2H3. The molecule has 0 amide bonds. The summed E-state index contributed by atoms with van der Waals surface area (Å²) in [6.45, 7) is 3.96. The van der Waals surface area contributed by atoms with Gasteiger partial charge in [-0.3, -0.25) is 0 Å². The second-order valence-corrected chi connectivity index (χ2v) is 4.28. The molecule has 0 unspecified atom stereocenters. The second-order valence-electron chi connectivity index (χ2n) is 4.28. The molecule has 0 saturated heterocycles. The summed E-state index contributed by atoms with van der Waals surface area (Å²) < 4.78 is 5.47. The van der Waals surface area contributed by atoms with Gasteiger partial charge in [-0.25, -0.2) is 4.98 Å². The number of nitrogens with zero attached hydrogens (tertiary/aromatic N) is 1. The summed E-state index contributed by atoms with van der Waals surface area (Å²) in [6, 6.07) is 14.6. The molecular formula is C15H13NO. The van der Waals surface area contributed by atoms with Crippen LogP contribution in [0.15, 0.2) is 46.9 Å². The molecule has 0 N–H and O–H groups in total. The molecule has 0 atom stereocenters. The van der Waals surface area contributed by atoms with Crippen LogP contribution < -0.4 is 0 Å². The normalized spacial score (nSPS) is 10.9. The Morgan fingerprint density at radius 3 is 2.35 bits per heavy atom. The number of aromatic nitrogens is 1. The van der Waals surface area contributed by atoms with Crippen LogP contribution in [0.4, 0.5) is 0 Å². The lowest BCUT2D eigenvalue weighted by atomic mass is 10.0. The van der Waals surface area contributed by atoms with Crippen molar-refractivity contribution in [1.82, 2.24) is 4.98 Å². The van der Waals surface area contributed by atoms with Crippen LogP contribution in [0.3, 0.4) is 0 Å². The Bertz CT molecular complexity index is 665. The van der Waals surface area contributed by atoms with Gasteiger partial charge in [-0.2, -0.15) is 0 Å². The Balaban J connectivity index is 2.13. The number of fused-ring (bicyclic) bond motifs is 1. The van der Waals surface area contributed by atoms with E-state index in [0.717, 1.165) is 11.1 Å². The van der Waals surface area contributed by atoms with Crippen molar-refractivity contribution in [2.24, 2.45) is 0 Å². The van der Waals surface area contributed by atoms with Crippen molar-refractivity contribution in [3.05, 3.63) is 53.9 Å². The Hall–Kier alpha value is -2.09. The maximum atomic E-state index is 5.47. The van der Waals surface area contributed by atoms with E-state index in [9.17, 15) is 0 Å². The van der Waals surface area contributed by atoms with E-state index in [4.69, 9.17) is 4.42 Å². The molecule has 3 aromatic rings. The van der Waals surface area contributed by atoms with Crippen molar-refractivity contribution in [2.45, 2.75) is 13.8 Å². The summed E-state index contributed by atoms with van der Waals surface area (Å²) in [4.78, 5) is 4.35. The van der Waals surface area contributed by atoms with Crippen LogP contribution in [0.5, 0.6) is 0 Å². The molecule has 84 valence electrons. The van der Waals surface area contributed by atoms with Crippen LogP contribution in [0.1, 0.15) is 11.5 Å². The third-order valence-corrected chi connectivity index (χ3v) is 2.88. The highest BCUT2D eigenvalue weighted by Crippen LogP contribution is 2.24. The first-order valence-electron chi connectivity index (χ1n) is 5.66. The highest BCUT2D eigenvalue weighted by Gasteiger charge is 2.04. The van der Waals surface area contributed by atoms with Gasteiger partial charge in [0.15, 0.2) is 11.5 Å². The Morgan fingerprint density at radius 1 is 0.882 bits per heavy atom. The van der Waals surface area contributed by atoms with Gasteiger partial charge in [0.05, 0.1) is 0 Å². The van der Waals surface area contributed by atoms with Gasteiger partial charge in [-0.15, -0.1) is 0 Å². The van der Waals surface area contributed by atoms with Crippen molar-refractivity contribution in [3.63, 3.8) is 0 Å². The van der Waals surface area contributed by atoms with Crippen LogP contribution >= 0.6 is 0 Å². The summed E-state index contributed by atoms with van der Waals surface area (Å²) in [5, 5.41) is 0. The van der Waals surface area contributed by atoms with E-state index in [1.54, 1.807) is 0 Å². The summed E-state index contributed by atoms with van der Waals surface area (Å²) in [7, 11) is 0. The van der Waals surface area contributed by atoms with Gasteiger partial charge in [0.2, 0.25) is 0 Å². The van der Waals surface area contributed by atoms with Crippen LogP contribution in [-0.4, -0.2) is 4.98 Å². The van der Waals surface area contributed by atoms with Crippen molar-refractivity contribution in [3.8, 4) is 11.1 Å². The average molecular weight is 223 g/mol. The predicted octanol–water partition coefficient (Wildman–Crippen LogP) is 4.11. The molecule has 1 aromatic heterocycles. The molecule has 3 rings (SSSR count). The molecule has 0 spiro atoms. The maximum Gasteiger partial charge on any atom is 0.192 e. The second kappa shape index (κ2) is 3.74. The number of oxazole rings is 1. The molecule has 0 saturated carbocycles. The minimum absolute atomic E-state index is 0.709. The molecule has 1 heterocycles. The van der Waals surface area contributed by atoms with Crippen LogP contribution in [0.2, 0.25) is 0 Å². The maximum absolute atomic E-state index is 5.47. The van der Waals surface area contributed by atoms with Crippen LogP contribution in [-0.2, 0) is 0 Å². The molecular weight excluding hydrogens is 210 g/mol. The van der Waals surface area contributed by atoms with Gasteiger partial charge < -0.3 is 4.42 Å². The number of rotatable bonds is 1. The van der Waals surface area contributed by atoms with E-state index in [0.29, 0.717) is 5.89 Å². The Kier molecular flexibility index (Phi) is 2.22. The lowest BCUT2D eigenvalue weighted by Gasteiger charge is -2.01. The molecule has 17 heavy (non-hydrogen) atoms. The van der Waals surface area contributed by atoms with Crippen molar-refractivity contribution in [2.75, 3.05) is 0 Å². The van der Waals surface area contributed by atoms with E-state index in [2.05, 4.69) is 48.3 Å². The largest absolute Gasteiger partial charge is 0.441 e. The highest BCUT2D eigenvalue weighted by atomic mass is 16.3. The first-order chi connectivity index (χ1) is 8.22.